The van der Waals surface area contributed by atoms with Crippen LogP contribution in [0.3, 0.4) is 0 Å². The van der Waals surface area contributed by atoms with Crippen LogP contribution in [0.25, 0.3) is 16.9 Å². The molecule has 0 aliphatic rings. The number of rotatable bonds is 6. The van der Waals surface area contributed by atoms with Crippen molar-refractivity contribution in [3.05, 3.63) is 101 Å². The van der Waals surface area contributed by atoms with Crippen LogP contribution in [0.4, 0.5) is 27.8 Å². The molecule has 14 heteroatoms. The number of pyridine rings is 2. The number of anilines is 1. The van der Waals surface area contributed by atoms with Crippen molar-refractivity contribution in [2.24, 2.45) is 0 Å². The van der Waals surface area contributed by atoms with Gasteiger partial charge in [0, 0.05) is 41.3 Å². The highest BCUT2D eigenvalue weighted by Crippen LogP contribution is 2.37. The number of sulfonamides is 1. The average molecular weight is 581 g/mol. The van der Waals surface area contributed by atoms with Gasteiger partial charge in [-0.25, -0.2) is 27.2 Å². The number of hydrogen-bond donors (Lipinski definition) is 1. The van der Waals surface area contributed by atoms with Gasteiger partial charge >= 0.3 is 6.18 Å². The van der Waals surface area contributed by atoms with Crippen LogP contribution in [0, 0.1) is 11.6 Å². The minimum atomic E-state index is -4.77. The third-order valence-corrected chi connectivity index (χ3v) is 7.08. The van der Waals surface area contributed by atoms with E-state index in [2.05, 4.69) is 9.97 Å². The number of halogens is 6. The van der Waals surface area contributed by atoms with Crippen molar-refractivity contribution < 1.29 is 35.1 Å². The first kappa shape index (κ1) is 26.4. The summed E-state index contributed by atoms with van der Waals surface area (Å²) in [5.41, 5.74) is 0.490. The zero-order valence-corrected chi connectivity index (χ0v) is 20.8. The molecule has 0 bridgehead atoms. The average Bonchev–Trinajstić information content (AvgIpc) is 3.36. The van der Waals surface area contributed by atoms with E-state index in [-0.39, 0.29) is 5.75 Å². The van der Waals surface area contributed by atoms with Crippen LogP contribution >= 0.6 is 11.6 Å². The van der Waals surface area contributed by atoms with Crippen LogP contribution in [0.15, 0.2) is 84.1 Å². The lowest BCUT2D eigenvalue weighted by atomic mass is 10.1. The summed E-state index contributed by atoms with van der Waals surface area (Å²) >= 11 is 6.17. The van der Waals surface area contributed by atoms with Crippen molar-refractivity contribution in [1.82, 2.24) is 14.4 Å². The van der Waals surface area contributed by atoms with Crippen molar-refractivity contribution in [2.75, 3.05) is 4.72 Å². The monoisotopic (exact) mass is 580 g/mol. The van der Waals surface area contributed by atoms with Gasteiger partial charge in [0.1, 0.15) is 27.9 Å². The Labute approximate surface area is 222 Å². The number of aromatic nitrogens is 3. The minimum absolute atomic E-state index is 0.0848. The van der Waals surface area contributed by atoms with Gasteiger partial charge in [-0.1, -0.05) is 17.7 Å². The topological polar surface area (TPSA) is 85.6 Å². The van der Waals surface area contributed by atoms with Gasteiger partial charge in [-0.15, -0.1) is 0 Å². The molecule has 0 aliphatic heterocycles. The third kappa shape index (κ3) is 5.36. The lowest BCUT2D eigenvalue weighted by Crippen LogP contribution is -2.16. The molecular formula is C25H14ClF5N4O3S. The molecule has 5 rings (SSSR count). The fraction of sp³-hybridized carbons (Fsp3) is 0.0400. The largest absolute Gasteiger partial charge is 0.453 e. The van der Waals surface area contributed by atoms with Crippen LogP contribution in [0.5, 0.6) is 11.5 Å². The van der Waals surface area contributed by atoms with Gasteiger partial charge < -0.3 is 4.74 Å². The molecule has 0 saturated heterocycles. The molecule has 7 nitrogen and oxygen atoms in total. The predicted octanol–water partition coefficient (Wildman–Crippen LogP) is 6.94. The Balaban J connectivity index is 1.46. The van der Waals surface area contributed by atoms with E-state index in [1.54, 1.807) is 41.1 Å². The normalized spacial score (nSPS) is 12.1. The summed E-state index contributed by atoms with van der Waals surface area (Å²) < 4.78 is 103. The van der Waals surface area contributed by atoms with Gasteiger partial charge in [0.2, 0.25) is 0 Å². The standard InChI is InChI=1S/C25H14ClF5N4O3S/c26-15-5-6-20(16(10-15)19-2-1-3-24-32-8-9-35(19)24)38-21-11-18(28)22(12-17(21)27)39(36,37)34-23-7-4-14(13-33-23)25(29,30)31/h1-13H,(H,33,34). The van der Waals surface area contributed by atoms with E-state index in [0.29, 0.717) is 46.3 Å². The molecule has 0 aliphatic carbocycles. The molecule has 200 valence electrons. The fourth-order valence-electron chi connectivity index (χ4n) is 3.69. The maximum atomic E-state index is 15.0. The summed E-state index contributed by atoms with van der Waals surface area (Å²) in [5, 5.41) is 0.338. The first-order chi connectivity index (χ1) is 18.4. The van der Waals surface area contributed by atoms with Gasteiger partial charge in [0.15, 0.2) is 11.6 Å². The maximum absolute atomic E-state index is 15.0. The van der Waals surface area contributed by atoms with E-state index in [1.165, 1.54) is 12.1 Å². The lowest BCUT2D eigenvalue weighted by Gasteiger charge is -2.15. The highest BCUT2D eigenvalue weighted by atomic mass is 35.5. The minimum Gasteiger partial charge on any atom is -0.453 e. The Morgan fingerprint density at radius 1 is 0.923 bits per heavy atom. The van der Waals surface area contributed by atoms with Gasteiger partial charge in [0.05, 0.1) is 11.3 Å². The molecule has 0 atom stereocenters. The molecular weight excluding hydrogens is 567 g/mol. The second-order valence-corrected chi connectivity index (χ2v) is 10.1. The second-order valence-electron chi connectivity index (χ2n) is 8.06. The number of imidazole rings is 1. The zero-order chi connectivity index (χ0) is 27.9. The van der Waals surface area contributed by atoms with Gasteiger partial charge in [0.25, 0.3) is 10.0 Å². The molecule has 3 aromatic heterocycles. The van der Waals surface area contributed by atoms with E-state index < -0.39 is 49.9 Å². The van der Waals surface area contributed by atoms with Gasteiger partial charge in [-0.05, 0) is 42.5 Å². The van der Waals surface area contributed by atoms with Crippen LogP contribution in [0.2, 0.25) is 5.02 Å². The Morgan fingerprint density at radius 3 is 2.44 bits per heavy atom. The van der Waals surface area contributed by atoms with Crippen LogP contribution < -0.4 is 9.46 Å². The maximum Gasteiger partial charge on any atom is 0.417 e. The van der Waals surface area contributed by atoms with Crippen molar-refractivity contribution in [2.45, 2.75) is 11.1 Å². The zero-order valence-electron chi connectivity index (χ0n) is 19.2. The van der Waals surface area contributed by atoms with E-state index in [0.717, 1.165) is 6.07 Å². The summed E-state index contributed by atoms with van der Waals surface area (Å²) in [6, 6.07) is 12.0. The number of fused-ring (bicyclic) bond motifs is 1. The molecule has 0 spiro atoms. The van der Waals surface area contributed by atoms with Crippen molar-refractivity contribution in [3.8, 4) is 22.8 Å². The third-order valence-electron chi connectivity index (χ3n) is 5.47. The van der Waals surface area contributed by atoms with Crippen molar-refractivity contribution in [3.63, 3.8) is 0 Å². The molecule has 0 unspecified atom stereocenters. The summed E-state index contributed by atoms with van der Waals surface area (Å²) in [6.07, 6.45) is -1.02. The summed E-state index contributed by atoms with van der Waals surface area (Å²) in [7, 11) is -4.77. The number of alkyl halides is 3. The van der Waals surface area contributed by atoms with Crippen molar-refractivity contribution >= 4 is 33.1 Å². The molecule has 0 fully saturated rings. The highest BCUT2D eigenvalue weighted by molar-refractivity contribution is 7.92. The quantitative estimate of drug-likeness (QED) is 0.220. The van der Waals surface area contributed by atoms with Crippen molar-refractivity contribution in [1.29, 1.82) is 0 Å². The molecule has 0 amide bonds. The molecule has 2 aromatic carbocycles. The molecule has 1 N–H and O–H groups in total. The number of hydrogen-bond acceptors (Lipinski definition) is 5. The van der Waals surface area contributed by atoms with Gasteiger partial charge in [-0.2, -0.15) is 13.2 Å². The lowest BCUT2D eigenvalue weighted by molar-refractivity contribution is -0.137. The Kier molecular flexibility index (Phi) is 6.64. The molecule has 5 aromatic rings. The highest BCUT2D eigenvalue weighted by Gasteiger charge is 2.31. The first-order valence-corrected chi connectivity index (χ1v) is 12.7. The first-order valence-electron chi connectivity index (χ1n) is 10.9. The molecule has 3 heterocycles. The Morgan fingerprint density at radius 2 is 1.72 bits per heavy atom. The number of nitrogens with zero attached hydrogens (tertiary/aromatic N) is 3. The number of ether oxygens (including phenoxy) is 1. The van der Waals surface area contributed by atoms with E-state index >= 15 is 4.39 Å². The number of benzene rings is 2. The van der Waals surface area contributed by atoms with Crippen LogP contribution in [-0.4, -0.2) is 22.8 Å². The van der Waals surface area contributed by atoms with Gasteiger partial charge in [-0.3, -0.25) is 9.12 Å². The summed E-state index contributed by atoms with van der Waals surface area (Å²) in [5.74, 6) is -3.67. The number of nitrogens with one attached hydrogen (secondary N) is 1. The smallest absolute Gasteiger partial charge is 0.417 e. The molecule has 39 heavy (non-hydrogen) atoms. The molecule has 0 saturated carbocycles. The van der Waals surface area contributed by atoms with E-state index in [1.807, 2.05) is 4.72 Å². The van der Waals surface area contributed by atoms with Crippen LogP contribution in [-0.2, 0) is 16.2 Å². The van der Waals surface area contributed by atoms with E-state index in [9.17, 15) is 26.0 Å². The Hall–Kier alpha value is -4.23. The second kappa shape index (κ2) is 9.82. The Bertz CT molecular complexity index is 1810. The van der Waals surface area contributed by atoms with Crippen LogP contribution in [0.1, 0.15) is 5.56 Å². The summed E-state index contributed by atoms with van der Waals surface area (Å²) in [4.78, 5) is 6.48. The molecule has 0 radical (unpaired) electrons. The fourth-order valence-corrected chi connectivity index (χ4v) is 4.94. The van der Waals surface area contributed by atoms with E-state index in [4.69, 9.17) is 16.3 Å². The SMILES string of the molecule is O=S(=O)(Nc1ccc(C(F)(F)F)cn1)c1cc(F)c(Oc2ccc(Cl)cc2-c2cccc3nccn23)cc1F. The summed E-state index contributed by atoms with van der Waals surface area (Å²) in [6.45, 7) is 0. The predicted molar refractivity (Wildman–Crippen MR) is 132 cm³/mol.